The molecule has 0 spiro atoms. The zero-order valence-electron chi connectivity index (χ0n) is 8.50. The lowest BCUT2D eigenvalue weighted by atomic mass is 10.0. The molecule has 1 heterocycles. The highest BCUT2D eigenvalue weighted by molar-refractivity contribution is 5.86. The average Bonchev–Trinajstić information content (AvgIpc) is 2.59. The molecule has 16 heavy (non-hydrogen) atoms. The normalized spacial score (nSPS) is 26.7. The summed E-state index contributed by atoms with van der Waals surface area (Å²) < 4.78 is 36.0. The fraction of sp³-hybridized carbons (Fsp3) is 0.500. The molecule has 1 fully saturated rings. The van der Waals surface area contributed by atoms with Gasteiger partial charge in [0.25, 0.3) is 5.92 Å². The minimum Gasteiger partial charge on any atom is -0.480 e. The molecule has 0 radical (unpaired) electrons. The highest BCUT2D eigenvalue weighted by Gasteiger charge is 2.79. The van der Waals surface area contributed by atoms with Crippen LogP contribution in [0.2, 0.25) is 0 Å². The van der Waals surface area contributed by atoms with E-state index in [1.54, 1.807) is 0 Å². The molecule has 1 aromatic rings. The van der Waals surface area contributed by atoms with Crippen LogP contribution >= 0.6 is 0 Å². The number of carboxylic acids is 1. The van der Waals surface area contributed by atoms with Crippen molar-refractivity contribution in [3.05, 3.63) is 23.7 Å². The van der Waals surface area contributed by atoms with Crippen LogP contribution in [0.25, 0.3) is 0 Å². The van der Waals surface area contributed by atoms with Gasteiger partial charge in [-0.05, 0) is 12.1 Å². The van der Waals surface area contributed by atoms with Crippen LogP contribution in [0.15, 0.2) is 16.5 Å². The van der Waals surface area contributed by atoms with Crippen molar-refractivity contribution in [3.63, 3.8) is 0 Å². The van der Waals surface area contributed by atoms with Crippen LogP contribution in [0.4, 0.5) is 8.78 Å². The van der Waals surface area contributed by atoms with Gasteiger partial charge in [0.15, 0.2) is 5.41 Å². The van der Waals surface area contributed by atoms with Gasteiger partial charge in [-0.25, -0.2) is 8.78 Å². The number of hydrogen-bond acceptors (Lipinski definition) is 3. The molecule has 2 rings (SSSR count). The van der Waals surface area contributed by atoms with Gasteiger partial charge in [-0.15, -0.1) is 0 Å². The van der Waals surface area contributed by atoms with Gasteiger partial charge < -0.3 is 14.3 Å². The average molecular weight is 232 g/mol. The standard InChI is InChI=1S/C10H10F2O4/c1-15-4-6-2-3-7(16-6)9(8(13)14)5-10(9,11)12/h2-3H,4-5H2,1H3,(H,13,14). The number of rotatable bonds is 4. The molecular formula is C10H10F2O4. The molecule has 6 heteroatoms. The summed E-state index contributed by atoms with van der Waals surface area (Å²) >= 11 is 0. The quantitative estimate of drug-likeness (QED) is 0.859. The molecule has 1 aromatic heterocycles. The summed E-state index contributed by atoms with van der Waals surface area (Å²) in [6.45, 7) is 0.126. The van der Waals surface area contributed by atoms with E-state index in [1.807, 2.05) is 0 Å². The Kier molecular flexibility index (Phi) is 2.27. The fourth-order valence-corrected chi connectivity index (χ4v) is 1.72. The predicted molar refractivity (Wildman–Crippen MR) is 48.3 cm³/mol. The maximum absolute atomic E-state index is 13.1. The summed E-state index contributed by atoms with van der Waals surface area (Å²) in [7, 11) is 1.43. The number of carbonyl (C=O) groups is 1. The Morgan fingerprint density at radius 1 is 1.62 bits per heavy atom. The van der Waals surface area contributed by atoms with Gasteiger partial charge in [0, 0.05) is 13.5 Å². The summed E-state index contributed by atoms with van der Waals surface area (Å²) in [6.07, 6.45) is -0.713. The molecule has 0 amide bonds. The van der Waals surface area contributed by atoms with Gasteiger partial charge >= 0.3 is 5.97 Å². The topological polar surface area (TPSA) is 59.7 Å². The van der Waals surface area contributed by atoms with Crippen LogP contribution in [-0.4, -0.2) is 24.1 Å². The second-order valence-electron chi connectivity index (χ2n) is 3.79. The molecule has 1 N–H and O–H groups in total. The lowest BCUT2D eigenvalue weighted by Crippen LogP contribution is -2.26. The first-order valence-corrected chi connectivity index (χ1v) is 4.63. The Hall–Kier alpha value is -1.43. The van der Waals surface area contributed by atoms with E-state index in [1.165, 1.54) is 19.2 Å². The SMILES string of the molecule is COCc1ccc(C2(C(=O)O)CC2(F)F)o1. The van der Waals surface area contributed by atoms with Crippen molar-refractivity contribution in [2.45, 2.75) is 24.4 Å². The molecular weight excluding hydrogens is 222 g/mol. The molecule has 0 aliphatic heterocycles. The number of alkyl halides is 2. The molecule has 1 atom stereocenters. The smallest absolute Gasteiger partial charge is 0.323 e. The summed E-state index contributed by atoms with van der Waals surface area (Å²) in [4.78, 5) is 10.9. The minimum atomic E-state index is -3.24. The molecule has 0 bridgehead atoms. The number of carboxylic acid groups (broad SMARTS) is 1. The third-order valence-electron chi connectivity index (χ3n) is 2.72. The third kappa shape index (κ3) is 1.33. The maximum Gasteiger partial charge on any atom is 0.323 e. The van der Waals surface area contributed by atoms with E-state index >= 15 is 0 Å². The van der Waals surface area contributed by atoms with Crippen LogP contribution in [-0.2, 0) is 21.6 Å². The van der Waals surface area contributed by atoms with E-state index in [4.69, 9.17) is 14.3 Å². The monoisotopic (exact) mass is 232 g/mol. The Labute approximate surface area is 89.8 Å². The molecule has 88 valence electrons. The molecule has 1 aliphatic carbocycles. The molecule has 0 aromatic carbocycles. The summed E-state index contributed by atoms with van der Waals surface area (Å²) in [5.74, 6) is -4.67. The van der Waals surface area contributed by atoms with Gasteiger partial charge in [-0.2, -0.15) is 0 Å². The lowest BCUT2D eigenvalue weighted by molar-refractivity contribution is -0.143. The fourth-order valence-electron chi connectivity index (χ4n) is 1.72. The zero-order valence-corrected chi connectivity index (χ0v) is 8.50. The van der Waals surface area contributed by atoms with Crippen molar-refractivity contribution in [1.29, 1.82) is 0 Å². The number of hydrogen-bond donors (Lipinski definition) is 1. The largest absolute Gasteiger partial charge is 0.480 e. The first kappa shape index (κ1) is 11.1. The third-order valence-corrected chi connectivity index (χ3v) is 2.72. The van der Waals surface area contributed by atoms with Crippen LogP contribution in [0.5, 0.6) is 0 Å². The Bertz CT molecular complexity index is 426. The van der Waals surface area contributed by atoms with E-state index in [0.717, 1.165) is 0 Å². The minimum absolute atomic E-state index is 0.126. The summed E-state index contributed by atoms with van der Waals surface area (Å²) in [5, 5.41) is 8.86. The molecule has 1 aliphatic rings. The van der Waals surface area contributed by atoms with Crippen molar-refractivity contribution in [1.82, 2.24) is 0 Å². The van der Waals surface area contributed by atoms with Gasteiger partial charge in [0.05, 0.1) is 0 Å². The second-order valence-corrected chi connectivity index (χ2v) is 3.79. The predicted octanol–water partition coefficient (Wildman–Crippen LogP) is 1.79. The van der Waals surface area contributed by atoms with Crippen LogP contribution < -0.4 is 0 Å². The van der Waals surface area contributed by atoms with Crippen molar-refractivity contribution in [2.75, 3.05) is 7.11 Å². The highest BCUT2D eigenvalue weighted by atomic mass is 19.3. The highest BCUT2D eigenvalue weighted by Crippen LogP contribution is 2.61. The van der Waals surface area contributed by atoms with Crippen molar-refractivity contribution >= 4 is 5.97 Å². The maximum atomic E-state index is 13.1. The summed E-state index contributed by atoms with van der Waals surface area (Å²) in [5.41, 5.74) is -2.18. The Balaban J connectivity index is 2.32. The number of halogens is 2. The number of aliphatic carboxylic acids is 1. The van der Waals surface area contributed by atoms with Gasteiger partial charge in [0.2, 0.25) is 0 Å². The van der Waals surface area contributed by atoms with Crippen LogP contribution in [0.3, 0.4) is 0 Å². The number of methoxy groups -OCH3 is 1. The Morgan fingerprint density at radius 2 is 2.25 bits per heavy atom. The van der Waals surface area contributed by atoms with E-state index in [2.05, 4.69) is 0 Å². The van der Waals surface area contributed by atoms with Gasteiger partial charge in [-0.3, -0.25) is 4.79 Å². The van der Waals surface area contributed by atoms with E-state index in [-0.39, 0.29) is 12.4 Å². The lowest BCUT2D eigenvalue weighted by Gasteiger charge is -2.07. The zero-order chi connectivity index (χ0) is 12.0. The van der Waals surface area contributed by atoms with Gasteiger partial charge in [-0.1, -0.05) is 0 Å². The van der Waals surface area contributed by atoms with E-state index in [0.29, 0.717) is 5.76 Å². The summed E-state index contributed by atoms with van der Waals surface area (Å²) in [6, 6.07) is 2.71. The number of furan rings is 1. The van der Waals surface area contributed by atoms with Crippen molar-refractivity contribution in [3.8, 4) is 0 Å². The Morgan fingerprint density at radius 3 is 2.69 bits per heavy atom. The van der Waals surface area contributed by atoms with Crippen LogP contribution in [0.1, 0.15) is 17.9 Å². The van der Waals surface area contributed by atoms with E-state index in [9.17, 15) is 13.6 Å². The second kappa shape index (κ2) is 3.28. The first-order valence-electron chi connectivity index (χ1n) is 4.63. The van der Waals surface area contributed by atoms with Crippen molar-refractivity contribution in [2.24, 2.45) is 0 Å². The first-order chi connectivity index (χ1) is 7.44. The van der Waals surface area contributed by atoms with Gasteiger partial charge in [0.1, 0.15) is 18.1 Å². The molecule has 1 unspecified atom stereocenters. The van der Waals surface area contributed by atoms with E-state index < -0.39 is 23.7 Å². The van der Waals surface area contributed by atoms with Crippen molar-refractivity contribution < 1.29 is 27.8 Å². The molecule has 0 saturated heterocycles. The number of ether oxygens (including phenoxy) is 1. The van der Waals surface area contributed by atoms with Crippen LogP contribution in [0, 0.1) is 0 Å². The molecule has 4 nitrogen and oxygen atoms in total. The molecule has 1 saturated carbocycles.